The molecule has 0 saturated carbocycles. The van der Waals surface area contributed by atoms with Crippen molar-refractivity contribution in [3.05, 3.63) is 42.5 Å². The van der Waals surface area contributed by atoms with E-state index in [1.54, 1.807) is 6.20 Å². The molecule has 1 atom stereocenters. The topological polar surface area (TPSA) is 88.5 Å². The average Bonchev–Trinajstić information content (AvgIpc) is 3.20. The lowest BCUT2D eigenvalue weighted by molar-refractivity contribution is -0.105. The fraction of sp³-hybridized carbons (Fsp3) is 0.278. The number of hydrogen-bond acceptors (Lipinski definition) is 5. The number of aromatic nitrogens is 3. The second-order valence-corrected chi connectivity index (χ2v) is 6.33. The molecule has 7 nitrogen and oxygen atoms in total. The Morgan fingerprint density at radius 2 is 2.12 bits per heavy atom. The van der Waals surface area contributed by atoms with Crippen LogP contribution < -0.4 is 11.1 Å². The van der Waals surface area contributed by atoms with Crippen LogP contribution in [0.1, 0.15) is 24.7 Å². The number of rotatable bonds is 4. The van der Waals surface area contributed by atoms with Crippen molar-refractivity contribution in [1.29, 1.82) is 0 Å². The third-order valence-corrected chi connectivity index (χ3v) is 4.81. The highest BCUT2D eigenvalue weighted by atomic mass is 16.1. The first-order chi connectivity index (χ1) is 12.2. The van der Waals surface area contributed by atoms with E-state index in [0.717, 1.165) is 47.7 Å². The monoisotopic (exact) mass is 336 g/mol. The fourth-order valence-corrected chi connectivity index (χ4v) is 3.55. The molecule has 0 aliphatic carbocycles. The summed E-state index contributed by atoms with van der Waals surface area (Å²) in [4.78, 5) is 22.1. The normalized spacial score (nSPS) is 17.9. The van der Waals surface area contributed by atoms with Crippen LogP contribution in [0.5, 0.6) is 0 Å². The van der Waals surface area contributed by atoms with Gasteiger partial charge in [-0.2, -0.15) is 0 Å². The van der Waals surface area contributed by atoms with Crippen LogP contribution in [0.4, 0.5) is 11.5 Å². The van der Waals surface area contributed by atoms with Gasteiger partial charge in [0.05, 0.1) is 6.04 Å². The van der Waals surface area contributed by atoms with E-state index in [2.05, 4.69) is 26.6 Å². The first-order valence-electron chi connectivity index (χ1n) is 8.32. The molecule has 2 aromatic heterocycles. The van der Waals surface area contributed by atoms with Crippen LogP contribution >= 0.6 is 0 Å². The maximum atomic E-state index is 10.6. The van der Waals surface area contributed by atoms with Crippen molar-refractivity contribution < 1.29 is 4.79 Å². The van der Waals surface area contributed by atoms with E-state index in [-0.39, 0.29) is 6.04 Å². The highest BCUT2D eigenvalue weighted by Crippen LogP contribution is 2.35. The lowest BCUT2D eigenvalue weighted by atomic mass is 10.1. The first-order valence-corrected chi connectivity index (χ1v) is 8.32. The predicted molar refractivity (Wildman–Crippen MR) is 97.1 cm³/mol. The Balaban J connectivity index is 1.87. The standard InChI is InChI=1S/C18H20N6O/c1-23-9-2-3-14(23)18-22-15(16-17(19)20-8-10-24(16)18)12-4-6-13(7-5-12)21-11-25/h4-8,10-11,14H,2-3,9H2,1H3,(H2,19,20)(H,21,25). The van der Waals surface area contributed by atoms with Crippen LogP contribution in [0.25, 0.3) is 16.8 Å². The number of benzene rings is 1. The highest BCUT2D eigenvalue weighted by Gasteiger charge is 2.28. The minimum Gasteiger partial charge on any atom is -0.382 e. The van der Waals surface area contributed by atoms with Crippen molar-refractivity contribution in [1.82, 2.24) is 19.3 Å². The summed E-state index contributed by atoms with van der Waals surface area (Å²) in [5.74, 6) is 1.46. The lowest BCUT2D eigenvalue weighted by Crippen LogP contribution is -2.19. The number of amides is 1. The minimum absolute atomic E-state index is 0.277. The lowest BCUT2D eigenvalue weighted by Gasteiger charge is -2.18. The van der Waals surface area contributed by atoms with Crippen LogP contribution in [0.2, 0.25) is 0 Å². The molecule has 1 aliphatic rings. The van der Waals surface area contributed by atoms with Gasteiger partial charge in [0.25, 0.3) is 0 Å². The zero-order valence-corrected chi connectivity index (χ0v) is 14.0. The van der Waals surface area contributed by atoms with Crippen molar-refractivity contribution in [3.8, 4) is 11.3 Å². The summed E-state index contributed by atoms with van der Waals surface area (Å²) >= 11 is 0. The molecule has 0 spiro atoms. The molecule has 1 unspecified atom stereocenters. The number of nitrogen functional groups attached to an aromatic ring is 1. The molecule has 128 valence electrons. The Morgan fingerprint density at radius 3 is 2.80 bits per heavy atom. The summed E-state index contributed by atoms with van der Waals surface area (Å²) in [6, 6.07) is 7.84. The first kappa shape index (κ1) is 15.6. The number of fused-ring (bicyclic) bond motifs is 1. The Kier molecular flexibility index (Phi) is 3.85. The minimum atomic E-state index is 0.277. The highest BCUT2D eigenvalue weighted by molar-refractivity contribution is 5.86. The van der Waals surface area contributed by atoms with E-state index in [1.165, 1.54) is 0 Å². The maximum absolute atomic E-state index is 10.6. The molecule has 3 heterocycles. The Bertz CT molecular complexity index is 917. The summed E-state index contributed by atoms with van der Waals surface area (Å²) in [5, 5.41) is 2.64. The molecule has 1 fully saturated rings. The second-order valence-electron chi connectivity index (χ2n) is 6.33. The maximum Gasteiger partial charge on any atom is 0.211 e. The van der Waals surface area contributed by atoms with E-state index < -0.39 is 0 Å². The number of anilines is 2. The van der Waals surface area contributed by atoms with Crippen LogP contribution in [0.15, 0.2) is 36.7 Å². The van der Waals surface area contributed by atoms with E-state index in [4.69, 9.17) is 10.7 Å². The van der Waals surface area contributed by atoms with Gasteiger partial charge < -0.3 is 11.1 Å². The number of carbonyl (C=O) groups is 1. The molecule has 0 bridgehead atoms. The Hall–Kier alpha value is -2.93. The Labute approximate surface area is 145 Å². The number of nitrogens with zero attached hydrogens (tertiary/aromatic N) is 4. The van der Waals surface area contributed by atoms with Crippen LogP contribution in [-0.4, -0.2) is 39.3 Å². The molecule has 3 aromatic rings. The molecule has 1 amide bonds. The average molecular weight is 336 g/mol. The summed E-state index contributed by atoms with van der Waals surface area (Å²) in [6.45, 7) is 1.07. The summed E-state index contributed by atoms with van der Waals surface area (Å²) < 4.78 is 2.06. The summed E-state index contributed by atoms with van der Waals surface area (Å²) in [5.41, 5.74) is 9.51. The van der Waals surface area contributed by atoms with E-state index >= 15 is 0 Å². The zero-order chi connectivity index (χ0) is 17.4. The zero-order valence-electron chi connectivity index (χ0n) is 14.0. The third kappa shape index (κ3) is 2.62. The van der Waals surface area contributed by atoms with Gasteiger partial charge in [0.2, 0.25) is 6.41 Å². The molecule has 0 radical (unpaired) electrons. The molecule has 1 aliphatic heterocycles. The quantitative estimate of drug-likeness (QED) is 0.714. The van der Waals surface area contributed by atoms with Crippen molar-refractivity contribution >= 4 is 23.4 Å². The SMILES string of the molecule is CN1CCCC1c1nc(-c2ccc(NC=O)cc2)c2c(N)nccn12. The molecule has 25 heavy (non-hydrogen) atoms. The number of nitrogens with one attached hydrogen (secondary N) is 1. The van der Waals surface area contributed by atoms with Crippen LogP contribution in [0, 0.1) is 0 Å². The van der Waals surface area contributed by atoms with Crippen molar-refractivity contribution in [3.63, 3.8) is 0 Å². The summed E-state index contributed by atoms with van der Waals surface area (Å²) in [7, 11) is 2.13. The number of nitrogens with two attached hydrogens (primary N) is 1. The molecule has 1 saturated heterocycles. The van der Waals surface area contributed by atoms with E-state index in [9.17, 15) is 4.79 Å². The van der Waals surface area contributed by atoms with Crippen molar-refractivity contribution in [2.24, 2.45) is 0 Å². The van der Waals surface area contributed by atoms with Gasteiger partial charge in [-0.3, -0.25) is 14.1 Å². The van der Waals surface area contributed by atoms with Gasteiger partial charge in [0.1, 0.15) is 22.9 Å². The van der Waals surface area contributed by atoms with Gasteiger partial charge in [0.15, 0.2) is 0 Å². The molecule has 1 aromatic carbocycles. The number of hydrogen-bond donors (Lipinski definition) is 2. The second kappa shape index (κ2) is 6.18. The van der Waals surface area contributed by atoms with Gasteiger partial charge in [-0.15, -0.1) is 0 Å². The van der Waals surface area contributed by atoms with Gasteiger partial charge in [-0.25, -0.2) is 9.97 Å². The molecular formula is C18H20N6O. The molecular weight excluding hydrogens is 316 g/mol. The predicted octanol–water partition coefficient (Wildman–Crippen LogP) is 2.31. The van der Waals surface area contributed by atoms with Crippen LogP contribution in [-0.2, 0) is 4.79 Å². The van der Waals surface area contributed by atoms with E-state index in [1.807, 2.05) is 30.5 Å². The molecule has 3 N–H and O–H groups in total. The molecule has 7 heteroatoms. The third-order valence-electron chi connectivity index (χ3n) is 4.81. The Morgan fingerprint density at radius 1 is 1.32 bits per heavy atom. The van der Waals surface area contributed by atoms with E-state index in [0.29, 0.717) is 12.2 Å². The van der Waals surface area contributed by atoms with Gasteiger partial charge in [-0.1, -0.05) is 12.1 Å². The van der Waals surface area contributed by atoms with Gasteiger partial charge in [0, 0.05) is 23.6 Å². The number of carbonyl (C=O) groups excluding carboxylic acids is 1. The number of imidazole rings is 1. The largest absolute Gasteiger partial charge is 0.382 e. The summed E-state index contributed by atoms with van der Waals surface area (Å²) in [6.07, 6.45) is 6.55. The molecule has 4 rings (SSSR count). The fourth-order valence-electron chi connectivity index (χ4n) is 3.55. The van der Waals surface area contributed by atoms with Gasteiger partial charge >= 0.3 is 0 Å². The van der Waals surface area contributed by atoms with Crippen molar-refractivity contribution in [2.45, 2.75) is 18.9 Å². The van der Waals surface area contributed by atoms with Gasteiger partial charge in [-0.05, 0) is 38.6 Å². The smallest absolute Gasteiger partial charge is 0.211 e. The van der Waals surface area contributed by atoms with Crippen molar-refractivity contribution in [2.75, 3.05) is 24.6 Å². The van der Waals surface area contributed by atoms with Crippen LogP contribution in [0.3, 0.4) is 0 Å². The number of likely N-dealkylation sites (tertiary alicyclic amines) is 1.